The molecule has 0 aliphatic carbocycles. The van der Waals surface area contributed by atoms with E-state index in [0.29, 0.717) is 5.56 Å². The molecule has 1 aromatic carbocycles. The fourth-order valence-corrected chi connectivity index (χ4v) is 2.10. The summed E-state index contributed by atoms with van der Waals surface area (Å²) in [5.41, 5.74) is 2.97. The number of rotatable bonds is 5. The molecule has 98 valence electrons. The van der Waals surface area contributed by atoms with Crippen molar-refractivity contribution >= 4 is 12.1 Å². The fraction of sp³-hybridized carbons (Fsp3) is 0.250. The number of pyridine rings is 1. The quantitative estimate of drug-likeness (QED) is 0.769. The van der Waals surface area contributed by atoms with Crippen molar-refractivity contribution in [2.24, 2.45) is 0 Å². The molecule has 0 aliphatic heterocycles. The molecule has 0 fully saturated rings. The van der Waals surface area contributed by atoms with Crippen LogP contribution < -0.4 is 4.90 Å². The predicted molar refractivity (Wildman–Crippen MR) is 77.8 cm³/mol. The maximum atomic E-state index is 10.7. The number of hydrogen-bond donors (Lipinski definition) is 0. The number of nitrogens with zero attached hydrogens (tertiary/aromatic N) is 2. The molecule has 0 bridgehead atoms. The van der Waals surface area contributed by atoms with Gasteiger partial charge in [0, 0.05) is 25.4 Å². The van der Waals surface area contributed by atoms with Gasteiger partial charge in [0.05, 0.1) is 0 Å². The lowest BCUT2D eigenvalue weighted by Gasteiger charge is -2.20. The van der Waals surface area contributed by atoms with Gasteiger partial charge in [-0.25, -0.2) is 4.98 Å². The first-order chi connectivity index (χ1) is 9.20. The van der Waals surface area contributed by atoms with Crippen molar-refractivity contribution in [1.82, 2.24) is 4.98 Å². The van der Waals surface area contributed by atoms with E-state index < -0.39 is 0 Å². The average molecular weight is 254 g/mol. The van der Waals surface area contributed by atoms with E-state index in [1.165, 1.54) is 5.56 Å². The summed E-state index contributed by atoms with van der Waals surface area (Å²) in [6.45, 7) is 2.88. The fourth-order valence-electron chi connectivity index (χ4n) is 2.10. The zero-order valence-corrected chi connectivity index (χ0v) is 11.3. The van der Waals surface area contributed by atoms with Crippen molar-refractivity contribution in [2.75, 3.05) is 18.5 Å². The Morgan fingerprint density at radius 1 is 1.26 bits per heavy atom. The summed E-state index contributed by atoms with van der Waals surface area (Å²) in [6, 6.07) is 12.3. The standard InChI is InChI=1S/C16H18N2O/c1-13-10-15(12-19)11-17-16(13)18(2)9-8-14-6-4-3-5-7-14/h3-7,10-12H,8-9H2,1-2H3. The van der Waals surface area contributed by atoms with Crippen LogP contribution >= 0.6 is 0 Å². The van der Waals surface area contributed by atoms with Crippen LogP contribution in [0, 0.1) is 6.92 Å². The highest BCUT2D eigenvalue weighted by Gasteiger charge is 2.07. The molecule has 0 aliphatic rings. The minimum absolute atomic E-state index is 0.623. The zero-order chi connectivity index (χ0) is 13.7. The van der Waals surface area contributed by atoms with Gasteiger partial charge in [-0.15, -0.1) is 0 Å². The molecule has 1 aromatic heterocycles. The molecule has 19 heavy (non-hydrogen) atoms. The van der Waals surface area contributed by atoms with Crippen molar-refractivity contribution in [3.63, 3.8) is 0 Å². The van der Waals surface area contributed by atoms with Crippen LogP contribution in [0.5, 0.6) is 0 Å². The Hall–Kier alpha value is -2.16. The summed E-state index contributed by atoms with van der Waals surface area (Å²) in [7, 11) is 2.03. The lowest BCUT2D eigenvalue weighted by Crippen LogP contribution is -2.22. The van der Waals surface area contributed by atoms with E-state index in [4.69, 9.17) is 0 Å². The Morgan fingerprint density at radius 2 is 2.00 bits per heavy atom. The van der Waals surface area contributed by atoms with E-state index in [-0.39, 0.29) is 0 Å². The molecule has 0 saturated carbocycles. The highest BCUT2D eigenvalue weighted by molar-refractivity contribution is 5.75. The number of likely N-dealkylation sites (N-methyl/N-ethyl adjacent to an activating group) is 1. The van der Waals surface area contributed by atoms with Crippen molar-refractivity contribution in [3.8, 4) is 0 Å². The molecule has 3 nitrogen and oxygen atoms in total. The van der Waals surface area contributed by atoms with Gasteiger partial charge in [-0.2, -0.15) is 0 Å². The van der Waals surface area contributed by atoms with E-state index in [0.717, 1.165) is 30.6 Å². The summed E-state index contributed by atoms with van der Waals surface area (Å²) in [5.74, 6) is 0.932. The number of carbonyl (C=O) groups excluding carboxylic acids is 1. The number of aldehydes is 1. The minimum Gasteiger partial charge on any atom is -0.359 e. The zero-order valence-electron chi connectivity index (χ0n) is 11.3. The van der Waals surface area contributed by atoms with Gasteiger partial charge in [-0.05, 0) is 30.5 Å². The largest absolute Gasteiger partial charge is 0.359 e. The molecule has 2 aromatic rings. The lowest BCUT2D eigenvalue weighted by molar-refractivity contribution is 0.112. The smallest absolute Gasteiger partial charge is 0.151 e. The maximum Gasteiger partial charge on any atom is 0.151 e. The highest BCUT2D eigenvalue weighted by Crippen LogP contribution is 2.16. The van der Waals surface area contributed by atoms with E-state index in [1.807, 2.05) is 26.1 Å². The van der Waals surface area contributed by atoms with Crippen molar-refractivity contribution < 1.29 is 4.79 Å². The minimum atomic E-state index is 0.623. The van der Waals surface area contributed by atoms with E-state index in [2.05, 4.69) is 34.1 Å². The Bertz CT molecular complexity index is 552. The number of aryl methyl sites for hydroxylation is 1. The first-order valence-electron chi connectivity index (χ1n) is 6.37. The third-order valence-corrected chi connectivity index (χ3v) is 3.15. The molecule has 0 atom stereocenters. The Balaban J connectivity index is 2.04. The number of hydrogen-bond acceptors (Lipinski definition) is 3. The van der Waals surface area contributed by atoms with E-state index >= 15 is 0 Å². The molecular formula is C16H18N2O. The van der Waals surface area contributed by atoms with Crippen molar-refractivity contribution in [3.05, 3.63) is 59.3 Å². The van der Waals surface area contributed by atoms with Gasteiger partial charge < -0.3 is 4.90 Å². The van der Waals surface area contributed by atoms with Crippen LogP contribution in [0.3, 0.4) is 0 Å². The summed E-state index contributed by atoms with van der Waals surface area (Å²) in [5, 5.41) is 0. The average Bonchev–Trinajstić information content (AvgIpc) is 2.45. The molecule has 2 rings (SSSR count). The van der Waals surface area contributed by atoms with E-state index in [1.54, 1.807) is 6.20 Å². The molecule has 3 heteroatoms. The third kappa shape index (κ3) is 3.41. The topological polar surface area (TPSA) is 33.2 Å². The molecule has 0 amide bonds. The van der Waals surface area contributed by atoms with Crippen LogP contribution in [-0.2, 0) is 6.42 Å². The van der Waals surface area contributed by atoms with Crippen LogP contribution in [0.1, 0.15) is 21.5 Å². The second-order valence-corrected chi connectivity index (χ2v) is 4.68. The van der Waals surface area contributed by atoms with E-state index in [9.17, 15) is 4.79 Å². The van der Waals surface area contributed by atoms with Gasteiger partial charge in [0.1, 0.15) is 5.82 Å². The van der Waals surface area contributed by atoms with Gasteiger partial charge in [0.15, 0.2) is 6.29 Å². The van der Waals surface area contributed by atoms with Crippen molar-refractivity contribution in [2.45, 2.75) is 13.3 Å². The summed E-state index contributed by atoms with van der Waals surface area (Å²) in [6.07, 6.45) is 3.43. The molecule has 0 saturated heterocycles. The Labute approximate surface area is 113 Å². The predicted octanol–water partition coefficient (Wildman–Crippen LogP) is 2.88. The van der Waals surface area contributed by atoms with Crippen LogP contribution in [0.2, 0.25) is 0 Å². The summed E-state index contributed by atoms with van der Waals surface area (Å²) >= 11 is 0. The molecule has 1 heterocycles. The van der Waals surface area contributed by atoms with Crippen LogP contribution in [-0.4, -0.2) is 24.9 Å². The summed E-state index contributed by atoms with van der Waals surface area (Å²) in [4.78, 5) is 17.2. The molecular weight excluding hydrogens is 236 g/mol. The second-order valence-electron chi connectivity index (χ2n) is 4.68. The first-order valence-corrected chi connectivity index (χ1v) is 6.37. The van der Waals surface area contributed by atoms with Crippen LogP contribution in [0.15, 0.2) is 42.6 Å². The van der Waals surface area contributed by atoms with Gasteiger partial charge >= 0.3 is 0 Å². The van der Waals surface area contributed by atoms with Gasteiger partial charge in [0.2, 0.25) is 0 Å². The molecule has 0 spiro atoms. The highest BCUT2D eigenvalue weighted by atomic mass is 16.1. The van der Waals surface area contributed by atoms with Crippen LogP contribution in [0.25, 0.3) is 0 Å². The normalized spacial score (nSPS) is 10.2. The number of benzene rings is 1. The number of carbonyl (C=O) groups is 1. The molecule has 0 unspecified atom stereocenters. The number of anilines is 1. The van der Waals surface area contributed by atoms with Gasteiger partial charge in [-0.3, -0.25) is 4.79 Å². The van der Waals surface area contributed by atoms with Gasteiger partial charge in [-0.1, -0.05) is 30.3 Å². The monoisotopic (exact) mass is 254 g/mol. The third-order valence-electron chi connectivity index (χ3n) is 3.15. The number of aromatic nitrogens is 1. The Morgan fingerprint density at radius 3 is 2.63 bits per heavy atom. The SMILES string of the molecule is Cc1cc(C=O)cnc1N(C)CCc1ccccc1. The Kier molecular flexibility index (Phi) is 4.29. The maximum absolute atomic E-state index is 10.7. The first kappa shape index (κ1) is 13.3. The second kappa shape index (κ2) is 6.14. The lowest BCUT2D eigenvalue weighted by atomic mass is 10.1. The van der Waals surface area contributed by atoms with Gasteiger partial charge in [0.25, 0.3) is 0 Å². The van der Waals surface area contributed by atoms with Crippen molar-refractivity contribution in [1.29, 1.82) is 0 Å². The summed E-state index contributed by atoms with van der Waals surface area (Å²) < 4.78 is 0. The molecule has 0 radical (unpaired) electrons. The molecule has 0 N–H and O–H groups in total. The van der Waals surface area contributed by atoms with Crippen LogP contribution in [0.4, 0.5) is 5.82 Å².